The van der Waals surface area contributed by atoms with Gasteiger partial charge in [-0.3, -0.25) is 9.78 Å². The third kappa shape index (κ3) is 2.51. The number of fused-ring (bicyclic) bond motifs is 1. The fraction of sp³-hybridized carbons (Fsp3) is 0. The van der Waals surface area contributed by atoms with Gasteiger partial charge in [-0.2, -0.15) is 5.26 Å². The number of benzene rings is 2. The Hall–Kier alpha value is -3.56. The van der Waals surface area contributed by atoms with Crippen LogP contribution in [0.15, 0.2) is 53.3 Å². The molecular weight excluding hydrogens is 350 g/mol. The van der Waals surface area contributed by atoms with Crippen LogP contribution in [-0.4, -0.2) is 15.0 Å². The van der Waals surface area contributed by atoms with Gasteiger partial charge < -0.3 is 10.7 Å². The minimum atomic E-state index is -0.567. The number of aromatic amines is 2. The molecule has 0 aliphatic carbocycles. The van der Waals surface area contributed by atoms with E-state index in [0.29, 0.717) is 10.6 Å². The van der Waals surface area contributed by atoms with Crippen molar-refractivity contribution in [1.82, 2.24) is 15.0 Å². The first kappa shape index (κ1) is 15.9. The van der Waals surface area contributed by atoms with Gasteiger partial charge in [0.05, 0.1) is 5.69 Å². The molecule has 2 aromatic carbocycles. The Morgan fingerprint density at radius 1 is 1.08 bits per heavy atom. The van der Waals surface area contributed by atoms with Gasteiger partial charge in [0, 0.05) is 21.5 Å². The summed E-state index contributed by atoms with van der Waals surface area (Å²) in [6, 6.07) is 16.8. The van der Waals surface area contributed by atoms with E-state index in [2.05, 4.69) is 15.0 Å². The van der Waals surface area contributed by atoms with Gasteiger partial charge in [0.1, 0.15) is 17.3 Å². The molecule has 4 aromatic rings. The number of para-hydroxylation sites is 1. The lowest BCUT2D eigenvalue weighted by Gasteiger charge is -2.07. The normalized spacial score (nSPS) is 10.8. The van der Waals surface area contributed by atoms with E-state index in [1.54, 1.807) is 12.1 Å². The average molecular weight is 362 g/mol. The van der Waals surface area contributed by atoms with E-state index in [0.717, 1.165) is 22.2 Å². The summed E-state index contributed by atoms with van der Waals surface area (Å²) in [6.07, 6.45) is 0. The van der Waals surface area contributed by atoms with Crippen LogP contribution in [0.2, 0.25) is 5.02 Å². The fourth-order valence-electron chi connectivity index (χ4n) is 3.00. The first-order chi connectivity index (χ1) is 12.6. The third-order valence-electron chi connectivity index (χ3n) is 4.13. The second kappa shape index (κ2) is 6.06. The number of nitrogens with two attached hydrogens (primary N) is 1. The largest absolute Gasteiger partial charge is 0.369 e. The molecule has 0 unspecified atom stereocenters. The minimum absolute atomic E-state index is 0.0451. The summed E-state index contributed by atoms with van der Waals surface area (Å²) in [5.41, 5.74) is 8.43. The van der Waals surface area contributed by atoms with Crippen LogP contribution in [0.3, 0.4) is 0 Å². The Kier molecular flexibility index (Phi) is 3.72. The molecule has 6 nitrogen and oxygen atoms in total. The molecule has 0 saturated carbocycles. The lowest BCUT2D eigenvalue weighted by atomic mass is 10.00. The number of H-pyrrole nitrogens is 2. The predicted octanol–water partition coefficient (Wildman–Crippen LogP) is 3.69. The summed E-state index contributed by atoms with van der Waals surface area (Å²) in [7, 11) is 0. The lowest BCUT2D eigenvalue weighted by molar-refractivity contribution is 1.12. The van der Waals surface area contributed by atoms with E-state index in [-0.39, 0.29) is 17.2 Å². The molecule has 0 radical (unpaired) electrons. The second-order valence-corrected chi connectivity index (χ2v) is 6.15. The SMILES string of the molecule is N#Cc1c(-c2c(-c3ccc(Cl)cc3)[nH]c3ccccc23)nc(N)[nH]c1=O. The van der Waals surface area contributed by atoms with E-state index in [1.165, 1.54) is 0 Å². The van der Waals surface area contributed by atoms with E-state index < -0.39 is 5.56 Å². The van der Waals surface area contributed by atoms with E-state index in [4.69, 9.17) is 17.3 Å². The number of anilines is 1. The molecule has 0 saturated heterocycles. The van der Waals surface area contributed by atoms with Crippen LogP contribution in [0, 0.1) is 11.3 Å². The monoisotopic (exact) mass is 361 g/mol. The molecule has 2 aromatic heterocycles. The van der Waals surface area contributed by atoms with Crippen molar-refractivity contribution in [2.75, 3.05) is 5.73 Å². The Bertz CT molecular complexity index is 1230. The van der Waals surface area contributed by atoms with E-state index >= 15 is 0 Å². The Morgan fingerprint density at radius 3 is 2.54 bits per heavy atom. The second-order valence-electron chi connectivity index (χ2n) is 5.71. The molecule has 0 aliphatic heterocycles. The number of nitriles is 1. The summed E-state index contributed by atoms with van der Waals surface area (Å²) >= 11 is 6.00. The smallest absolute Gasteiger partial charge is 0.270 e. The van der Waals surface area contributed by atoms with Crippen molar-refractivity contribution in [1.29, 1.82) is 5.26 Å². The summed E-state index contributed by atoms with van der Waals surface area (Å²) in [6.45, 7) is 0. The lowest BCUT2D eigenvalue weighted by Crippen LogP contribution is -2.16. The number of aromatic nitrogens is 3. The highest BCUT2D eigenvalue weighted by atomic mass is 35.5. The summed E-state index contributed by atoms with van der Waals surface area (Å²) in [5.74, 6) is -0.0451. The quantitative estimate of drug-likeness (QED) is 0.505. The van der Waals surface area contributed by atoms with Crippen molar-refractivity contribution in [2.24, 2.45) is 0 Å². The third-order valence-corrected chi connectivity index (χ3v) is 4.38. The highest BCUT2D eigenvalue weighted by Crippen LogP contribution is 2.38. The highest BCUT2D eigenvalue weighted by molar-refractivity contribution is 6.30. The van der Waals surface area contributed by atoms with Crippen molar-refractivity contribution in [3.05, 3.63) is 69.5 Å². The number of halogens is 1. The number of rotatable bonds is 2. The van der Waals surface area contributed by atoms with Gasteiger partial charge in [-0.15, -0.1) is 0 Å². The molecule has 0 aliphatic rings. The van der Waals surface area contributed by atoms with Crippen LogP contribution < -0.4 is 11.3 Å². The average Bonchev–Trinajstić information content (AvgIpc) is 3.01. The van der Waals surface area contributed by atoms with Gasteiger partial charge in [0.15, 0.2) is 0 Å². The number of nitrogen functional groups attached to an aromatic ring is 1. The van der Waals surface area contributed by atoms with Crippen LogP contribution in [0.25, 0.3) is 33.4 Å². The van der Waals surface area contributed by atoms with Crippen LogP contribution in [-0.2, 0) is 0 Å². The summed E-state index contributed by atoms with van der Waals surface area (Å²) in [5, 5.41) is 10.9. The molecule has 2 heterocycles. The Labute approximate surface area is 152 Å². The molecule has 126 valence electrons. The highest BCUT2D eigenvalue weighted by Gasteiger charge is 2.21. The van der Waals surface area contributed by atoms with E-state index in [1.807, 2.05) is 42.5 Å². The molecule has 4 N–H and O–H groups in total. The zero-order valence-electron chi connectivity index (χ0n) is 13.4. The van der Waals surface area contributed by atoms with Crippen molar-refractivity contribution in [3.63, 3.8) is 0 Å². The predicted molar refractivity (Wildman–Crippen MR) is 102 cm³/mol. The van der Waals surface area contributed by atoms with Gasteiger partial charge in [-0.25, -0.2) is 4.98 Å². The molecule has 0 fully saturated rings. The maximum Gasteiger partial charge on any atom is 0.270 e. The van der Waals surface area contributed by atoms with Gasteiger partial charge in [-0.1, -0.05) is 41.9 Å². The maximum atomic E-state index is 12.2. The van der Waals surface area contributed by atoms with Crippen LogP contribution in [0.1, 0.15) is 5.56 Å². The van der Waals surface area contributed by atoms with Crippen LogP contribution >= 0.6 is 11.6 Å². The molecule has 0 bridgehead atoms. The first-order valence-electron chi connectivity index (χ1n) is 7.75. The van der Waals surface area contributed by atoms with Gasteiger partial charge in [-0.05, 0) is 23.8 Å². The summed E-state index contributed by atoms with van der Waals surface area (Å²) in [4.78, 5) is 22.2. The van der Waals surface area contributed by atoms with Crippen molar-refractivity contribution in [2.45, 2.75) is 0 Å². The Balaban J connectivity index is 2.13. The molecule has 0 atom stereocenters. The number of nitrogens with zero attached hydrogens (tertiary/aromatic N) is 2. The molecular formula is C19H12ClN5O. The molecule has 0 amide bonds. The van der Waals surface area contributed by atoms with Crippen molar-refractivity contribution < 1.29 is 0 Å². The van der Waals surface area contributed by atoms with Crippen LogP contribution in [0.4, 0.5) is 5.95 Å². The standard InChI is InChI=1S/C19H12ClN5O/c20-11-7-5-10(6-8-11)16-15(12-3-1-2-4-14(12)23-16)17-13(9-21)18(26)25-19(22)24-17/h1-8,23H,(H3,22,24,25,26). The van der Waals surface area contributed by atoms with Crippen molar-refractivity contribution in [3.8, 4) is 28.6 Å². The minimum Gasteiger partial charge on any atom is -0.369 e. The molecule has 0 spiro atoms. The van der Waals surface area contributed by atoms with Gasteiger partial charge >= 0.3 is 0 Å². The van der Waals surface area contributed by atoms with E-state index in [9.17, 15) is 10.1 Å². The van der Waals surface area contributed by atoms with Crippen LogP contribution in [0.5, 0.6) is 0 Å². The number of hydrogen-bond acceptors (Lipinski definition) is 4. The Morgan fingerprint density at radius 2 is 1.81 bits per heavy atom. The molecule has 26 heavy (non-hydrogen) atoms. The first-order valence-corrected chi connectivity index (χ1v) is 8.13. The molecule has 7 heteroatoms. The van der Waals surface area contributed by atoms with Gasteiger partial charge in [0.2, 0.25) is 5.95 Å². The summed E-state index contributed by atoms with van der Waals surface area (Å²) < 4.78 is 0. The fourth-order valence-corrected chi connectivity index (χ4v) is 3.12. The van der Waals surface area contributed by atoms with Crippen molar-refractivity contribution >= 4 is 28.5 Å². The molecule has 4 rings (SSSR count). The number of nitrogens with one attached hydrogen (secondary N) is 2. The zero-order valence-corrected chi connectivity index (χ0v) is 14.1. The maximum absolute atomic E-state index is 12.2. The topological polar surface area (TPSA) is 111 Å². The van der Waals surface area contributed by atoms with Gasteiger partial charge in [0.25, 0.3) is 5.56 Å². The zero-order chi connectivity index (χ0) is 18.3. The number of hydrogen-bond donors (Lipinski definition) is 3.